The lowest BCUT2D eigenvalue weighted by Crippen LogP contribution is -2.48. The summed E-state index contributed by atoms with van der Waals surface area (Å²) in [6, 6.07) is 0.203. The number of aliphatic hydroxyl groups is 1. The molecule has 0 aromatic rings. The average molecular weight is 215 g/mol. The number of amides is 1. The summed E-state index contributed by atoms with van der Waals surface area (Å²) in [7, 11) is 1.55. The van der Waals surface area contributed by atoms with Crippen molar-refractivity contribution in [3.8, 4) is 0 Å². The molecule has 0 bridgehead atoms. The van der Waals surface area contributed by atoms with Gasteiger partial charge in [-0.1, -0.05) is 0 Å². The highest BCUT2D eigenvalue weighted by molar-refractivity contribution is 5.80. The van der Waals surface area contributed by atoms with Crippen molar-refractivity contribution in [3.05, 3.63) is 0 Å². The molecule has 2 atom stereocenters. The highest BCUT2D eigenvalue weighted by Gasteiger charge is 2.28. The lowest BCUT2D eigenvalue weighted by molar-refractivity contribution is -0.145. The number of nitrogens with zero attached hydrogens (tertiary/aromatic N) is 1. The quantitative estimate of drug-likeness (QED) is 0.754. The van der Waals surface area contributed by atoms with Crippen molar-refractivity contribution in [2.75, 3.05) is 20.3 Å². The Bertz CT molecular complexity index is 206. The zero-order valence-electron chi connectivity index (χ0n) is 9.61. The molecule has 1 N–H and O–H groups in total. The summed E-state index contributed by atoms with van der Waals surface area (Å²) in [4.78, 5) is 13.8. The first-order chi connectivity index (χ1) is 7.20. The third-order valence-electron chi connectivity index (χ3n) is 3.07. The third-order valence-corrected chi connectivity index (χ3v) is 3.07. The number of rotatable bonds is 4. The highest BCUT2D eigenvalue weighted by atomic mass is 16.5. The van der Waals surface area contributed by atoms with E-state index in [-0.39, 0.29) is 24.7 Å². The van der Waals surface area contributed by atoms with Gasteiger partial charge in [0, 0.05) is 26.3 Å². The van der Waals surface area contributed by atoms with Crippen LogP contribution in [0.3, 0.4) is 0 Å². The van der Waals surface area contributed by atoms with Crippen LogP contribution in [-0.4, -0.2) is 48.3 Å². The Hall–Kier alpha value is -0.610. The number of methoxy groups -OCH3 is 1. The summed E-state index contributed by atoms with van der Waals surface area (Å²) in [5, 5.41) is 8.94. The van der Waals surface area contributed by atoms with E-state index in [1.807, 2.05) is 4.90 Å². The molecule has 1 saturated heterocycles. The Morgan fingerprint density at radius 2 is 2.33 bits per heavy atom. The molecular formula is C11H21NO3. The first kappa shape index (κ1) is 12.5. The Morgan fingerprint density at radius 1 is 1.60 bits per heavy atom. The van der Waals surface area contributed by atoms with Crippen molar-refractivity contribution in [2.45, 2.75) is 44.8 Å². The molecule has 4 heteroatoms. The largest absolute Gasteiger partial charge is 0.396 e. The van der Waals surface area contributed by atoms with Crippen LogP contribution in [0.4, 0.5) is 0 Å². The van der Waals surface area contributed by atoms with Gasteiger partial charge >= 0.3 is 0 Å². The zero-order chi connectivity index (χ0) is 11.3. The molecule has 0 aliphatic carbocycles. The number of aliphatic hydroxyl groups excluding tert-OH is 1. The predicted octanol–water partition coefficient (Wildman–Crippen LogP) is 0.785. The smallest absolute Gasteiger partial charge is 0.251 e. The summed E-state index contributed by atoms with van der Waals surface area (Å²) in [6.07, 6.45) is 3.52. The first-order valence-corrected chi connectivity index (χ1v) is 5.64. The third kappa shape index (κ3) is 3.18. The molecule has 88 valence electrons. The van der Waals surface area contributed by atoms with Crippen LogP contribution in [0.1, 0.15) is 32.6 Å². The van der Waals surface area contributed by atoms with E-state index in [1.165, 1.54) is 0 Å². The fourth-order valence-electron chi connectivity index (χ4n) is 2.07. The van der Waals surface area contributed by atoms with Gasteiger partial charge in [-0.2, -0.15) is 0 Å². The maximum absolute atomic E-state index is 11.9. The monoisotopic (exact) mass is 215 g/mol. The van der Waals surface area contributed by atoms with Crippen molar-refractivity contribution >= 4 is 5.91 Å². The fourth-order valence-corrected chi connectivity index (χ4v) is 2.07. The predicted molar refractivity (Wildman–Crippen MR) is 57.5 cm³/mol. The van der Waals surface area contributed by atoms with Crippen LogP contribution in [-0.2, 0) is 9.53 Å². The van der Waals surface area contributed by atoms with E-state index in [9.17, 15) is 4.79 Å². The van der Waals surface area contributed by atoms with Gasteiger partial charge in [-0.05, 0) is 32.6 Å². The van der Waals surface area contributed by atoms with Crippen molar-refractivity contribution in [1.82, 2.24) is 4.90 Å². The molecule has 2 unspecified atom stereocenters. The molecule has 1 fully saturated rings. The molecule has 0 aromatic heterocycles. The van der Waals surface area contributed by atoms with E-state index < -0.39 is 0 Å². The molecule has 0 spiro atoms. The Morgan fingerprint density at radius 3 is 2.93 bits per heavy atom. The number of ether oxygens (including phenoxy) is 1. The molecule has 1 amide bonds. The van der Waals surface area contributed by atoms with Gasteiger partial charge in [0.25, 0.3) is 5.91 Å². The summed E-state index contributed by atoms with van der Waals surface area (Å²) in [5.41, 5.74) is 0. The van der Waals surface area contributed by atoms with E-state index in [0.29, 0.717) is 6.42 Å². The molecule has 1 heterocycles. The number of hydrogen-bond donors (Lipinski definition) is 1. The second-order valence-electron chi connectivity index (χ2n) is 4.07. The maximum Gasteiger partial charge on any atom is 0.251 e. The lowest BCUT2D eigenvalue weighted by atomic mass is 9.99. The normalized spacial score (nSPS) is 23.9. The molecule has 0 radical (unpaired) electrons. The Labute approximate surface area is 91.2 Å². The van der Waals surface area contributed by atoms with Gasteiger partial charge in [0.15, 0.2) is 0 Å². The van der Waals surface area contributed by atoms with Gasteiger partial charge in [-0.15, -0.1) is 0 Å². The number of piperidine rings is 1. The van der Waals surface area contributed by atoms with E-state index >= 15 is 0 Å². The number of carbonyl (C=O) groups excluding carboxylic acids is 1. The minimum absolute atomic E-state index is 0.0515. The summed E-state index contributed by atoms with van der Waals surface area (Å²) >= 11 is 0. The van der Waals surface area contributed by atoms with Crippen LogP contribution in [0.15, 0.2) is 0 Å². The van der Waals surface area contributed by atoms with Crippen molar-refractivity contribution < 1.29 is 14.6 Å². The number of likely N-dealkylation sites (tertiary alicyclic amines) is 1. The first-order valence-electron chi connectivity index (χ1n) is 5.64. The number of carbonyl (C=O) groups is 1. The molecule has 1 aliphatic rings. The lowest BCUT2D eigenvalue weighted by Gasteiger charge is -2.36. The Kier molecular flexibility index (Phi) is 5.05. The molecule has 0 saturated carbocycles. The van der Waals surface area contributed by atoms with Crippen LogP contribution >= 0.6 is 0 Å². The van der Waals surface area contributed by atoms with Gasteiger partial charge in [-0.3, -0.25) is 4.79 Å². The van der Waals surface area contributed by atoms with Crippen LogP contribution in [0.25, 0.3) is 0 Å². The van der Waals surface area contributed by atoms with Gasteiger partial charge in [0.1, 0.15) is 6.10 Å². The van der Waals surface area contributed by atoms with E-state index in [0.717, 1.165) is 25.8 Å². The standard InChI is InChI=1S/C11H21NO3/c1-9(15-2)11(14)12-7-4-3-5-10(12)6-8-13/h9-10,13H,3-8H2,1-2H3. The highest BCUT2D eigenvalue weighted by Crippen LogP contribution is 2.20. The van der Waals surface area contributed by atoms with Crippen LogP contribution < -0.4 is 0 Å². The maximum atomic E-state index is 11.9. The van der Waals surface area contributed by atoms with E-state index in [4.69, 9.17) is 9.84 Å². The number of hydrogen-bond acceptors (Lipinski definition) is 3. The Balaban J connectivity index is 2.58. The SMILES string of the molecule is COC(C)C(=O)N1CCCCC1CCO. The minimum Gasteiger partial charge on any atom is -0.396 e. The molecular weight excluding hydrogens is 194 g/mol. The summed E-state index contributed by atoms with van der Waals surface area (Å²) in [5.74, 6) is 0.0515. The van der Waals surface area contributed by atoms with Gasteiger partial charge in [0.2, 0.25) is 0 Å². The van der Waals surface area contributed by atoms with Crippen molar-refractivity contribution in [2.24, 2.45) is 0 Å². The van der Waals surface area contributed by atoms with Crippen molar-refractivity contribution in [1.29, 1.82) is 0 Å². The molecule has 15 heavy (non-hydrogen) atoms. The van der Waals surface area contributed by atoms with E-state index in [1.54, 1.807) is 14.0 Å². The molecule has 4 nitrogen and oxygen atoms in total. The zero-order valence-corrected chi connectivity index (χ0v) is 9.61. The summed E-state index contributed by atoms with van der Waals surface area (Å²) in [6.45, 7) is 2.72. The second kappa shape index (κ2) is 6.08. The van der Waals surface area contributed by atoms with Crippen molar-refractivity contribution in [3.63, 3.8) is 0 Å². The topological polar surface area (TPSA) is 49.8 Å². The van der Waals surface area contributed by atoms with E-state index in [2.05, 4.69) is 0 Å². The summed E-state index contributed by atoms with van der Waals surface area (Å²) < 4.78 is 5.04. The average Bonchev–Trinajstić information content (AvgIpc) is 2.28. The van der Waals surface area contributed by atoms with Crippen LogP contribution in [0, 0.1) is 0 Å². The van der Waals surface area contributed by atoms with Gasteiger partial charge in [0.05, 0.1) is 0 Å². The molecule has 0 aromatic carbocycles. The molecule has 1 aliphatic heterocycles. The second-order valence-corrected chi connectivity index (χ2v) is 4.07. The van der Waals surface area contributed by atoms with Gasteiger partial charge < -0.3 is 14.7 Å². The van der Waals surface area contributed by atoms with Crippen LogP contribution in [0.5, 0.6) is 0 Å². The fraction of sp³-hybridized carbons (Fsp3) is 0.909. The van der Waals surface area contributed by atoms with Gasteiger partial charge in [-0.25, -0.2) is 0 Å². The van der Waals surface area contributed by atoms with Crippen LogP contribution in [0.2, 0.25) is 0 Å². The minimum atomic E-state index is -0.371. The molecule has 1 rings (SSSR count).